The second-order valence-electron chi connectivity index (χ2n) is 10.8. The molecular formula is C34H29BF6N8NaO4S2. The molecule has 6 aromatic rings. The number of aliphatic hydroxyl groups excluding tert-OH is 1. The van der Waals surface area contributed by atoms with Gasteiger partial charge >= 0.3 is 41.9 Å². The summed E-state index contributed by atoms with van der Waals surface area (Å²) in [6.45, 7) is -0.553. The summed E-state index contributed by atoms with van der Waals surface area (Å²) in [5.41, 5.74) is -3.41. The molecular weight excluding hydrogens is 796 g/mol. The number of ether oxygens (including phenoxy) is 2. The largest absolute Gasteiger partial charge is 1.00 e. The Balaban J connectivity index is 0.000000374. The zero-order chi connectivity index (χ0) is 38.9. The first kappa shape index (κ1) is 46.0. The minimum Gasteiger partial charge on any atom is -1.00 e. The summed E-state index contributed by atoms with van der Waals surface area (Å²) < 4.78 is 93.7. The fourth-order valence-corrected chi connectivity index (χ4v) is 5.44. The Hall–Kier alpha value is -4.41. The third-order valence-corrected chi connectivity index (χ3v) is 8.62. The Morgan fingerprint density at radius 3 is 1.64 bits per heavy atom. The van der Waals surface area contributed by atoms with Crippen molar-refractivity contribution in [1.82, 2.24) is 39.5 Å². The van der Waals surface area contributed by atoms with Gasteiger partial charge in [0.1, 0.15) is 49.5 Å². The van der Waals surface area contributed by atoms with Gasteiger partial charge in [0.2, 0.25) is 11.8 Å². The number of thioether (sulfide) groups is 2. The number of hydrogen-bond acceptors (Lipinski definition) is 12. The van der Waals surface area contributed by atoms with Crippen LogP contribution in [0.15, 0.2) is 108 Å². The van der Waals surface area contributed by atoms with Gasteiger partial charge in [-0.3, -0.25) is 9.48 Å². The van der Waals surface area contributed by atoms with Crippen LogP contribution in [-0.4, -0.2) is 71.3 Å². The summed E-state index contributed by atoms with van der Waals surface area (Å²) in [4.78, 5) is 28.7. The molecule has 12 nitrogen and oxygen atoms in total. The van der Waals surface area contributed by atoms with Crippen LogP contribution in [0.1, 0.15) is 34.8 Å². The Morgan fingerprint density at radius 1 is 0.732 bits per heavy atom. The van der Waals surface area contributed by atoms with Crippen molar-refractivity contribution < 1.29 is 76.7 Å². The summed E-state index contributed by atoms with van der Waals surface area (Å²) in [6.07, 6.45) is -2.22. The minimum absolute atomic E-state index is 0. The number of rotatable bonds is 12. The van der Waals surface area contributed by atoms with Crippen LogP contribution in [0.25, 0.3) is 0 Å². The molecule has 0 bridgehead atoms. The molecule has 1 N–H and O–H groups in total. The van der Waals surface area contributed by atoms with E-state index < -0.39 is 41.2 Å². The van der Waals surface area contributed by atoms with Crippen molar-refractivity contribution in [2.24, 2.45) is 0 Å². The molecule has 2 aromatic carbocycles. The number of pyridine rings is 2. The summed E-state index contributed by atoms with van der Waals surface area (Å²) in [7, 11) is 0. The first-order chi connectivity index (χ1) is 25.7. The Morgan fingerprint density at radius 2 is 1.20 bits per heavy atom. The number of ketones is 1. The van der Waals surface area contributed by atoms with Crippen molar-refractivity contribution in [2.45, 2.75) is 41.3 Å². The minimum atomic E-state index is -4.81. The van der Waals surface area contributed by atoms with Gasteiger partial charge in [-0.05, 0) is 73.2 Å². The topological polar surface area (TPSA) is 143 Å². The maximum Gasteiger partial charge on any atom is 1.00 e. The van der Waals surface area contributed by atoms with Crippen molar-refractivity contribution >= 4 is 37.7 Å². The number of Topliss-reactive ketones (excluding diaryl/α,β-unsaturated/α-hetero) is 1. The molecule has 22 heteroatoms. The number of nitrogens with zero attached hydrogens (tertiary/aromatic N) is 8. The zero-order valence-corrected chi connectivity index (χ0v) is 33.3. The molecule has 287 valence electrons. The molecule has 4 heterocycles. The maximum atomic E-state index is 13.4. The standard InChI is InChI=1S/C17H15F3N4O2S.C17H13F3N4O2S.B.Na.H/c2*1-27-12-4-2-11(3-5-12)26-15-7-6-13(16(23-15)17(18,19)20)14(25)8-24-10-21-9-22-24;;;/h2-7,9-10,14,25H,8H2,1H3;2-7,9-10H,8H2,1H3;;;/q;;;+1;-1. The predicted octanol–water partition coefficient (Wildman–Crippen LogP) is 4.76. The van der Waals surface area contributed by atoms with E-state index in [1.54, 1.807) is 48.5 Å². The van der Waals surface area contributed by atoms with Gasteiger partial charge in [0.25, 0.3) is 0 Å². The molecule has 0 saturated carbocycles. The van der Waals surface area contributed by atoms with Crippen molar-refractivity contribution in [1.29, 1.82) is 0 Å². The first-order valence-electron chi connectivity index (χ1n) is 15.4. The molecule has 1 atom stereocenters. The van der Waals surface area contributed by atoms with Crippen LogP contribution in [0, 0.1) is 0 Å². The number of aliphatic hydroxyl groups is 1. The molecule has 0 fully saturated rings. The Kier molecular flexibility index (Phi) is 17.0. The maximum absolute atomic E-state index is 13.4. The number of aromatic nitrogens is 8. The van der Waals surface area contributed by atoms with Crippen LogP contribution in [0.3, 0.4) is 0 Å². The average molecular weight is 826 g/mol. The monoisotopic (exact) mass is 825 g/mol. The number of alkyl halides is 6. The van der Waals surface area contributed by atoms with Gasteiger partial charge in [0, 0.05) is 35.9 Å². The van der Waals surface area contributed by atoms with E-state index in [1.165, 1.54) is 65.6 Å². The van der Waals surface area contributed by atoms with E-state index in [0.717, 1.165) is 26.6 Å². The Bertz CT molecular complexity index is 2140. The summed E-state index contributed by atoms with van der Waals surface area (Å²) in [6, 6.07) is 18.4. The van der Waals surface area contributed by atoms with Gasteiger partial charge in [-0.15, -0.1) is 23.5 Å². The molecule has 0 aliphatic carbocycles. The van der Waals surface area contributed by atoms with Gasteiger partial charge in [0.15, 0.2) is 17.2 Å². The van der Waals surface area contributed by atoms with Crippen LogP contribution in [-0.2, 0) is 25.4 Å². The van der Waals surface area contributed by atoms with Gasteiger partial charge < -0.3 is 16.0 Å². The normalized spacial score (nSPS) is 11.7. The molecule has 1 unspecified atom stereocenters. The molecule has 56 heavy (non-hydrogen) atoms. The van der Waals surface area contributed by atoms with Crippen molar-refractivity contribution in [3.63, 3.8) is 0 Å². The Labute approximate surface area is 349 Å². The third kappa shape index (κ3) is 12.8. The number of carbonyl (C=O) groups excluding carboxylic acids is 1. The van der Waals surface area contributed by atoms with Crippen LogP contribution >= 0.6 is 23.5 Å². The van der Waals surface area contributed by atoms with Crippen LogP contribution in [0.5, 0.6) is 23.3 Å². The summed E-state index contributed by atoms with van der Waals surface area (Å²) in [5, 5.41) is 17.7. The van der Waals surface area contributed by atoms with E-state index in [0.29, 0.717) is 11.5 Å². The molecule has 0 aliphatic heterocycles. The molecule has 0 aliphatic rings. The second kappa shape index (κ2) is 20.7. The molecule has 3 radical (unpaired) electrons. The van der Waals surface area contributed by atoms with E-state index in [4.69, 9.17) is 9.47 Å². The van der Waals surface area contributed by atoms with Crippen molar-refractivity contribution in [3.05, 3.63) is 121 Å². The van der Waals surface area contributed by atoms with Gasteiger partial charge in [0.05, 0.1) is 12.1 Å². The van der Waals surface area contributed by atoms with Crippen LogP contribution < -0.4 is 39.0 Å². The molecule has 6 rings (SSSR count). The molecule has 4 aromatic heterocycles. The predicted molar refractivity (Wildman–Crippen MR) is 191 cm³/mol. The number of benzene rings is 2. The summed E-state index contributed by atoms with van der Waals surface area (Å²) >= 11 is 3.06. The molecule has 0 amide bonds. The van der Waals surface area contributed by atoms with Crippen LogP contribution in [0.4, 0.5) is 26.3 Å². The average Bonchev–Trinajstić information content (AvgIpc) is 3.87. The SMILES string of the molecule is CSc1ccc(Oc2ccc(C(=O)Cn3cncn3)c(C(F)(F)F)n2)cc1.CSc1ccc(Oc2ccc(C(O)Cn3cncn3)c(C(F)(F)F)n2)cc1.[B].[H-].[Na+]. The van der Waals surface area contributed by atoms with E-state index in [9.17, 15) is 36.2 Å². The second-order valence-corrected chi connectivity index (χ2v) is 12.6. The summed E-state index contributed by atoms with van der Waals surface area (Å²) in [5.74, 6) is -0.539. The van der Waals surface area contributed by atoms with Crippen molar-refractivity contribution in [3.8, 4) is 23.3 Å². The van der Waals surface area contributed by atoms with E-state index >= 15 is 0 Å². The fourth-order valence-electron chi connectivity index (χ4n) is 4.62. The van der Waals surface area contributed by atoms with E-state index in [-0.39, 0.29) is 69.8 Å². The first-order valence-corrected chi connectivity index (χ1v) is 17.8. The number of hydrogen-bond donors (Lipinski definition) is 1. The number of carbonyl (C=O) groups is 1. The smallest absolute Gasteiger partial charge is 1.00 e. The van der Waals surface area contributed by atoms with Gasteiger partial charge in [-0.1, -0.05) is 0 Å². The van der Waals surface area contributed by atoms with Gasteiger partial charge in [-0.25, -0.2) is 24.6 Å². The van der Waals surface area contributed by atoms with Crippen LogP contribution in [0.2, 0.25) is 0 Å². The number of halogens is 6. The quantitative estimate of drug-likeness (QED) is 0.0787. The van der Waals surface area contributed by atoms with Gasteiger partial charge in [-0.2, -0.15) is 36.5 Å². The molecule has 0 saturated heterocycles. The van der Waals surface area contributed by atoms with E-state index in [1.807, 2.05) is 12.5 Å². The van der Waals surface area contributed by atoms with Crippen molar-refractivity contribution in [2.75, 3.05) is 12.5 Å². The fraction of sp³-hybridized carbons (Fsp3) is 0.206. The van der Waals surface area contributed by atoms with E-state index in [2.05, 4.69) is 30.1 Å². The third-order valence-electron chi connectivity index (χ3n) is 7.13. The zero-order valence-electron chi connectivity index (χ0n) is 30.6. The molecule has 0 spiro atoms.